The van der Waals surface area contributed by atoms with Crippen LogP contribution in [-0.2, 0) is 14.7 Å². The average molecular weight is 275 g/mol. The lowest BCUT2D eigenvalue weighted by molar-refractivity contribution is -0.334. The summed E-state index contributed by atoms with van der Waals surface area (Å²) in [6, 6.07) is -0.439. The zero-order chi connectivity index (χ0) is 13.4. The van der Waals surface area contributed by atoms with Crippen molar-refractivity contribution in [2.45, 2.75) is 18.0 Å². The topological polar surface area (TPSA) is 67.2 Å². The van der Waals surface area contributed by atoms with Crippen LogP contribution in [0.4, 0.5) is 30.2 Å². The van der Waals surface area contributed by atoms with Crippen LogP contribution in [0, 0.1) is 11.3 Å². The van der Waals surface area contributed by atoms with E-state index in [9.17, 15) is 38.6 Å². The highest BCUT2D eigenvalue weighted by molar-refractivity contribution is 7.81. The lowest BCUT2D eigenvalue weighted by Crippen LogP contribution is -2.58. The Morgan fingerprint density at radius 2 is 1.31 bits per heavy atom. The van der Waals surface area contributed by atoms with Gasteiger partial charge in [-0.05, 0) is 0 Å². The first kappa shape index (κ1) is 14.9. The zero-order valence-electron chi connectivity index (χ0n) is 6.73. The highest BCUT2D eigenvalue weighted by atomic mass is 32.3. The van der Waals surface area contributed by atoms with Gasteiger partial charge in [0.25, 0.3) is 0 Å². The van der Waals surface area contributed by atoms with Crippen molar-refractivity contribution in [1.29, 1.82) is 5.26 Å². The first-order valence-corrected chi connectivity index (χ1v) is 4.27. The number of hydrogen-bond donors (Lipinski definition) is 0. The van der Waals surface area contributed by atoms with E-state index >= 15 is 0 Å². The maximum Gasteiger partial charge on any atom is 0.441 e. The molecule has 0 N–H and O–H groups in total. The van der Waals surface area contributed by atoms with Crippen molar-refractivity contribution in [1.82, 2.24) is 0 Å². The number of nitrogens with zero attached hydrogens (tertiary/aromatic N) is 1. The largest absolute Gasteiger partial charge is 0.441 e. The second-order valence-electron chi connectivity index (χ2n) is 2.26. The molecule has 0 saturated heterocycles. The molecule has 4 nitrogen and oxygen atoms in total. The molecule has 0 amide bonds. The molecule has 0 atom stereocenters. The van der Waals surface area contributed by atoms with E-state index in [1.54, 1.807) is 0 Å². The van der Waals surface area contributed by atoms with Crippen LogP contribution in [0.3, 0.4) is 0 Å². The molecule has 0 spiro atoms. The summed E-state index contributed by atoms with van der Waals surface area (Å²) in [5, 5.41) is 7.76. The van der Waals surface area contributed by atoms with Gasteiger partial charge in [0.2, 0.25) is 0 Å². The fourth-order valence-corrected chi connectivity index (χ4v) is 1.07. The minimum Gasteiger partial charge on any atom is -0.203 e. The summed E-state index contributed by atoms with van der Waals surface area (Å²) in [5.41, 5.74) is -5.76. The van der Waals surface area contributed by atoms with E-state index in [0.717, 1.165) is 0 Å². The van der Waals surface area contributed by atoms with Crippen LogP contribution in [0.15, 0.2) is 0 Å². The first-order valence-electron chi connectivity index (χ1n) is 2.97. The Morgan fingerprint density at radius 3 is 1.38 bits per heavy atom. The Hall–Kier alpha value is -1.09. The van der Waals surface area contributed by atoms with Crippen molar-refractivity contribution in [3.63, 3.8) is 0 Å². The Morgan fingerprint density at radius 1 is 1.00 bits per heavy atom. The van der Waals surface area contributed by atoms with Crippen LogP contribution in [0.5, 0.6) is 0 Å². The van der Waals surface area contributed by atoms with Crippen molar-refractivity contribution in [3.8, 4) is 6.07 Å². The van der Waals surface area contributed by atoms with Crippen LogP contribution < -0.4 is 0 Å². The molecule has 0 unspecified atom stereocenters. The molecule has 0 bridgehead atoms. The molecule has 0 radical (unpaired) electrons. The van der Waals surface area contributed by atoms with Gasteiger partial charge in [-0.2, -0.15) is 40.0 Å². The number of nitriles is 1. The second kappa shape index (κ2) is 3.74. The summed E-state index contributed by atoms with van der Waals surface area (Å²) >= 11 is 0. The smallest absolute Gasteiger partial charge is 0.203 e. The molecular weight excluding hydrogens is 275 g/mol. The number of hydrogen-bond acceptors (Lipinski definition) is 4. The van der Waals surface area contributed by atoms with Gasteiger partial charge in [-0.25, -0.2) is 4.18 Å². The van der Waals surface area contributed by atoms with Crippen molar-refractivity contribution in [2.75, 3.05) is 0 Å². The summed E-state index contributed by atoms with van der Waals surface area (Å²) in [6.45, 7) is 0. The third kappa shape index (κ3) is 2.73. The molecule has 0 saturated carbocycles. The summed E-state index contributed by atoms with van der Waals surface area (Å²) in [7, 11) is -6.62. The lowest BCUT2D eigenvalue weighted by Gasteiger charge is -2.28. The molecule has 0 aromatic rings. The molecule has 0 aliphatic carbocycles. The second-order valence-corrected chi connectivity index (χ2v) is 3.22. The molecule has 0 heterocycles. The number of alkyl halides is 6. The van der Waals surface area contributed by atoms with Crippen LogP contribution >= 0.6 is 0 Å². The number of halogens is 7. The Kier molecular flexibility index (Phi) is 3.48. The van der Waals surface area contributed by atoms with Crippen LogP contribution in [-0.4, -0.2) is 26.4 Å². The lowest BCUT2D eigenvalue weighted by atomic mass is 10.1. The van der Waals surface area contributed by atoms with Gasteiger partial charge < -0.3 is 0 Å². The number of rotatable bonds is 2. The summed E-state index contributed by atoms with van der Waals surface area (Å²) in [4.78, 5) is 0. The molecule has 12 heteroatoms. The van der Waals surface area contributed by atoms with Gasteiger partial charge in [-0.3, -0.25) is 0 Å². The van der Waals surface area contributed by atoms with Crippen molar-refractivity contribution in [3.05, 3.63) is 0 Å². The predicted molar refractivity (Wildman–Crippen MR) is 31.6 cm³/mol. The van der Waals surface area contributed by atoms with Gasteiger partial charge >= 0.3 is 28.5 Å². The molecule has 0 fully saturated rings. The summed E-state index contributed by atoms with van der Waals surface area (Å²) < 4.78 is 105. The highest BCUT2D eigenvalue weighted by Crippen LogP contribution is 2.46. The van der Waals surface area contributed by atoms with Crippen molar-refractivity contribution in [2.24, 2.45) is 0 Å². The van der Waals surface area contributed by atoms with Gasteiger partial charge in [0.15, 0.2) is 0 Å². The van der Waals surface area contributed by atoms with E-state index in [1.807, 2.05) is 0 Å². The maximum atomic E-state index is 11.9. The monoisotopic (exact) mass is 275 g/mol. The van der Waals surface area contributed by atoms with Crippen molar-refractivity contribution < 1.29 is 42.8 Å². The van der Waals surface area contributed by atoms with Crippen LogP contribution in [0.1, 0.15) is 0 Å². The molecular formula is C4F7NO3S. The fourth-order valence-electron chi connectivity index (χ4n) is 0.550. The van der Waals surface area contributed by atoms with Gasteiger partial charge in [-0.1, -0.05) is 3.89 Å². The SMILES string of the molecule is N#CC(OS(=O)(=O)F)(C(F)(F)F)C(F)(F)F. The molecule has 0 aromatic heterocycles. The van der Waals surface area contributed by atoms with Gasteiger partial charge in [0.1, 0.15) is 6.07 Å². The third-order valence-electron chi connectivity index (χ3n) is 1.18. The normalized spacial score (nSPS) is 14.6. The van der Waals surface area contributed by atoms with E-state index in [2.05, 4.69) is 4.18 Å². The Bertz CT molecular complexity index is 387. The first-order chi connectivity index (χ1) is 6.77. The summed E-state index contributed by atoms with van der Waals surface area (Å²) in [5.74, 6) is 0. The van der Waals surface area contributed by atoms with Gasteiger partial charge in [0, 0.05) is 0 Å². The van der Waals surface area contributed by atoms with Crippen LogP contribution in [0.25, 0.3) is 0 Å². The van der Waals surface area contributed by atoms with E-state index in [1.165, 1.54) is 0 Å². The highest BCUT2D eigenvalue weighted by Gasteiger charge is 2.76. The quantitative estimate of drug-likeness (QED) is 0.567. The van der Waals surface area contributed by atoms with Crippen LogP contribution in [0.2, 0.25) is 0 Å². The summed E-state index contributed by atoms with van der Waals surface area (Å²) in [6.07, 6.45) is -12.9. The molecule has 94 valence electrons. The molecule has 16 heavy (non-hydrogen) atoms. The molecule has 0 aliphatic heterocycles. The Labute approximate surface area is 83.6 Å². The predicted octanol–water partition coefficient (Wildman–Crippen LogP) is 1.60. The van der Waals surface area contributed by atoms with E-state index in [-0.39, 0.29) is 0 Å². The minimum atomic E-state index is -6.62. The Balaban J connectivity index is 5.82. The molecule has 0 rings (SSSR count). The maximum absolute atomic E-state index is 11.9. The standard InChI is InChI=1S/C4F7NO3S/c5-3(6,7)2(1-12,4(8,9)10)15-16(11,13)14. The van der Waals surface area contributed by atoms with E-state index in [4.69, 9.17) is 5.26 Å². The van der Waals surface area contributed by atoms with Crippen molar-refractivity contribution >= 4 is 10.5 Å². The third-order valence-corrected chi connectivity index (χ3v) is 1.63. The van der Waals surface area contributed by atoms with Gasteiger partial charge in [0.05, 0.1) is 0 Å². The average Bonchev–Trinajstić information content (AvgIpc) is 1.93. The van der Waals surface area contributed by atoms with Gasteiger partial charge in [-0.15, -0.1) is 0 Å². The minimum absolute atomic E-state index is 0.439. The molecule has 0 aromatic carbocycles. The fraction of sp³-hybridized carbons (Fsp3) is 0.750. The molecule has 0 aliphatic rings. The van der Waals surface area contributed by atoms with E-state index in [0.29, 0.717) is 0 Å². The zero-order valence-corrected chi connectivity index (χ0v) is 7.54. The van der Waals surface area contributed by atoms with E-state index < -0.39 is 34.5 Å².